The number of benzene rings is 5. The smallest absolute Gasteiger partial charge is 0.164 e. The average molecular weight is 606 g/mol. The molecule has 2 aliphatic carbocycles. The molecule has 2 heterocycles. The number of hydrogen-bond acceptors (Lipinski definition) is 4. The van der Waals surface area contributed by atoms with Gasteiger partial charge in [0.2, 0.25) is 0 Å². The largest absolute Gasteiger partial charge is 0.455 e. The number of rotatable bonds is 5. The van der Waals surface area contributed by atoms with Crippen molar-refractivity contribution in [3.8, 4) is 34.2 Å². The predicted octanol–water partition coefficient (Wildman–Crippen LogP) is 10.9. The Morgan fingerprint density at radius 1 is 0.660 bits per heavy atom. The number of aromatic nitrogens is 3. The Bertz CT molecular complexity index is 2380. The Morgan fingerprint density at radius 2 is 1.40 bits per heavy atom. The first-order valence-corrected chi connectivity index (χ1v) is 16.3. The van der Waals surface area contributed by atoms with Crippen molar-refractivity contribution in [2.24, 2.45) is 0 Å². The van der Waals surface area contributed by atoms with E-state index in [1.807, 2.05) is 30.3 Å². The van der Waals surface area contributed by atoms with Crippen LogP contribution in [0.3, 0.4) is 0 Å². The minimum absolute atomic E-state index is 0.374. The summed E-state index contributed by atoms with van der Waals surface area (Å²) >= 11 is 0. The maximum Gasteiger partial charge on any atom is 0.164 e. The fraction of sp³-hybridized carbons (Fsp3) is 0.0930. The number of hydrogen-bond donors (Lipinski definition) is 0. The number of furan rings is 1. The molecule has 0 saturated carbocycles. The second kappa shape index (κ2) is 11.5. The fourth-order valence-corrected chi connectivity index (χ4v) is 6.97. The molecule has 4 nitrogen and oxygen atoms in total. The van der Waals surface area contributed by atoms with Gasteiger partial charge in [-0.1, -0.05) is 127 Å². The maximum absolute atomic E-state index is 6.59. The van der Waals surface area contributed by atoms with Crippen LogP contribution < -0.4 is 0 Å². The summed E-state index contributed by atoms with van der Waals surface area (Å²) in [5, 5.41) is 2.09. The van der Waals surface area contributed by atoms with Gasteiger partial charge in [0, 0.05) is 38.9 Å². The van der Waals surface area contributed by atoms with Gasteiger partial charge in [-0.05, 0) is 59.7 Å². The Labute approximate surface area is 273 Å². The van der Waals surface area contributed by atoms with Crippen LogP contribution in [-0.4, -0.2) is 15.0 Å². The van der Waals surface area contributed by atoms with E-state index in [9.17, 15) is 0 Å². The molecule has 1 unspecified atom stereocenters. The highest BCUT2D eigenvalue weighted by Crippen LogP contribution is 2.41. The highest BCUT2D eigenvalue weighted by Gasteiger charge is 2.22. The molecule has 2 aromatic heterocycles. The van der Waals surface area contributed by atoms with Crippen LogP contribution in [0.1, 0.15) is 41.0 Å². The van der Waals surface area contributed by atoms with Crippen LogP contribution in [0.2, 0.25) is 0 Å². The molecule has 0 aliphatic heterocycles. The van der Waals surface area contributed by atoms with Crippen molar-refractivity contribution >= 4 is 33.6 Å². The molecule has 0 fully saturated rings. The lowest BCUT2D eigenvalue weighted by atomic mass is 9.84. The summed E-state index contributed by atoms with van der Waals surface area (Å²) in [6.07, 6.45) is 14.1. The third-order valence-corrected chi connectivity index (χ3v) is 9.37. The van der Waals surface area contributed by atoms with Gasteiger partial charge in [-0.2, -0.15) is 0 Å². The van der Waals surface area contributed by atoms with Crippen LogP contribution in [0.25, 0.3) is 67.8 Å². The molecule has 1 atom stereocenters. The number of nitrogens with zero attached hydrogens (tertiary/aromatic N) is 3. The van der Waals surface area contributed by atoms with Gasteiger partial charge in [-0.25, -0.2) is 15.0 Å². The molecule has 0 radical (unpaired) electrons. The first-order chi connectivity index (χ1) is 23.3. The van der Waals surface area contributed by atoms with E-state index in [0.717, 1.165) is 63.5 Å². The fourth-order valence-electron chi connectivity index (χ4n) is 6.97. The average Bonchev–Trinajstić information content (AvgIpc) is 3.55. The summed E-state index contributed by atoms with van der Waals surface area (Å²) < 4.78 is 6.59. The van der Waals surface area contributed by atoms with E-state index >= 15 is 0 Å². The zero-order valence-corrected chi connectivity index (χ0v) is 25.8. The minimum atomic E-state index is 0.374. The SMILES string of the molecule is C1=CCCC(c2ccc(-c3nc(-c4ccccc4)nc(-c4ccc5c(c4)C=CC(c4ccccc4)C5)n3)c3c2oc2ccccc23)=C1. The van der Waals surface area contributed by atoms with Crippen molar-refractivity contribution in [1.82, 2.24) is 15.0 Å². The molecule has 0 amide bonds. The maximum atomic E-state index is 6.59. The van der Waals surface area contributed by atoms with Gasteiger partial charge >= 0.3 is 0 Å². The van der Waals surface area contributed by atoms with E-state index in [2.05, 4.69) is 115 Å². The van der Waals surface area contributed by atoms with Crippen molar-refractivity contribution in [3.05, 3.63) is 162 Å². The standard InChI is InChI=1S/C43H31N3O/c1-4-12-28(13-5-1)31-20-21-33-27-34(23-22-32(33)26-31)42-44-41(30-16-8-3-9-17-30)45-43(46-42)37-25-24-35(29-14-6-2-7-15-29)40-39(37)36-18-10-11-19-38(36)47-40/h1-6,8-14,16-25,27,31H,7,15,26H2. The minimum Gasteiger partial charge on any atom is -0.455 e. The van der Waals surface area contributed by atoms with Gasteiger partial charge in [0.1, 0.15) is 11.2 Å². The zero-order valence-electron chi connectivity index (χ0n) is 25.8. The highest BCUT2D eigenvalue weighted by atomic mass is 16.3. The number of allylic oxidation sites excluding steroid dienone is 5. The molecule has 0 spiro atoms. The quantitative estimate of drug-likeness (QED) is 0.196. The molecule has 5 aromatic carbocycles. The van der Waals surface area contributed by atoms with Crippen LogP contribution >= 0.6 is 0 Å². The molecule has 4 heteroatoms. The second-order valence-electron chi connectivity index (χ2n) is 12.3. The lowest BCUT2D eigenvalue weighted by molar-refractivity contribution is 0.667. The van der Waals surface area contributed by atoms with Crippen molar-refractivity contribution in [1.29, 1.82) is 0 Å². The first-order valence-electron chi connectivity index (χ1n) is 16.3. The van der Waals surface area contributed by atoms with E-state index in [0.29, 0.717) is 23.4 Å². The Morgan fingerprint density at radius 3 is 2.23 bits per heavy atom. The Hall–Kier alpha value is -5.87. The lowest BCUT2D eigenvalue weighted by Gasteiger charge is -2.20. The zero-order chi connectivity index (χ0) is 31.2. The third-order valence-electron chi connectivity index (χ3n) is 9.37. The lowest BCUT2D eigenvalue weighted by Crippen LogP contribution is -2.06. The molecular weight excluding hydrogens is 574 g/mol. The van der Waals surface area contributed by atoms with Crippen molar-refractivity contribution in [2.75, 3.05) is 0 Å². The van der Waals surface area contributed by atoms with Gasteiger partial charge in [-0.3, -0.25) is 0 Å². The van der Waals surface area contributed by atoms with E-state index in [4.69, 9.17) is 19.4 Å². The number of para-hydroxylation sites is 1. The topological polar surface area (TPSA) is 51.8 Å². The van der Waals surface area contributed by atoms with Gasteiger partial charge in [-0.15, -0.1) is 0 Å². The van der Waals surface area contributed by atoms with Crippen LogP contribution in [0.4, 0.5) is 0 Å². The molecule has 0 N–H and O–H groups in total. The van der Waals surface area contributed by atoms with Crippen molar-refractivity contribution in [2.45, 2.75) is 25.2 Å². The van der Waals surface area contributed by atoms with E-state index in [1.54, 1.807) is 0 Å². The van der Waals surface area contributed by atoms with Gasteiger partial charge < -0.3 is 4.42 Å². The summed E-state index contributed by atoms with van der Waals surface area (Å²) in [5.41, 5.74) is 10.9. The monoisotopic (exact) mass is 605 g/mol. The van der Waals surface area contributed by atoms with E-state index in [-0.39, 0.29) is 0 Å². The van der Waals surface area contributed by atoms with Crippen LogP contribution in [0.15, 0.2) is 144 Å². The molecule has 7 aromatic rings. The summed E-state index contributed by atoms with van der Waals surface area (Å²) in [7, 11) is 0. The molecule has 9 rings (SSSR count). The Kier molecular flexibility index (Phi) is 6.71. The van der Waals surface area contributed by atoms with E-state index < -0.39 is 0 Å². The number of fused-ring (bicyclic) bond motifs is 4. The molecule has 0 saturated heterocycles. The summed E-state index contributed by atoms with van der Waals surface area (Å²) in [6, 6.07) is 40.1. The summed E-state index contributed by atoms with van der Waals surface area (Å²) in [6.45, 7) is 0. The summed E-state index contributed by atoms with van der Waals surface area (Å²) in [5.74, 6) is 2.30. The molecule has 0 bridgehead atoms. The van der Waals surface area contributed by atoms with Gasteiger partial charge in [0.05, 0.1) is 0 Å². The highest BCUT2D eigenvalue weighted by molar-refractivity contribution is 6.14. The molecular formula is C43H31N3O. The molecule has 47 heavy (non-hydrogen) atoms. The third kappa shape index (κ3) is 4.99. The predicted molar refractivity (Wildman–Crippen MR) is 192 cm³/mol. The van der Waals surface area contributed by atoms with Gasteiger partial charge in [0.15, 0.2) is 17.5 Å². The van der Waals surface area contributed by atoms with E-state index in [1.165, 1.54) is 22.3 Å². The van der Waals surface area contributed by atoms with Gasteiger partial charge in [0.25, 0.3) is 0 Å². The van der Waals surface area contributed by atoms with Crippen LogP contribution in [0.5, 0.6) is 0 Å². The Balaban J connectivity index is 1.21. The summed E-state index contributed by atoms with van der Waals surface area (Å²) in [4.78, 5) is 15.3. The molecule has 224 valence electrons. The van der Waals surface area contributed by atoms with Crippen molar-refractivity contribution in [3.63, 3.8) is 0 Å². The van der Waals surface area contributed by atoms with Crippen LogP contribution in [0, 0.1) is 0 Å². The van der Waals surface area contributed by atoms with Crippen molar-refractivity contribution < 1.29 is 4.42 Å². The molecule has 2 aliphatic rings. The first kappa shape index (κ1) is 27.4. The van der Waals surface area contributed by atoms with Crippen LogP contribution in [-0.2, 0) is 6.42 Å². The second-order valence-corrected chi connectivity index (χ2v) is 12.3. The normalized spacial score (nSPS) is 15.6.